The van der Waals surface area contributed by atoms with Crippen LogP contribution in [0.25, 0.3) is 5.69 Å². The molecular weight excluding hydrogens is 292 g/mol. The van der Waals surface area contributed by atoms with Crippen molar-refractivity contribution in [1.29, 1.82) is 0 Å². The summed E-state index contributed by atoms with van der Waals surface area (Å²) < 4.78 is 26.7. The zero-order valence-corrected chi connectivity index (χ0v) is 11.4. The Hall–Kier alpha value is -2.02. The minimum absolute atomic E-state index is 0.431. The molecule has 0 bridgehead atoms. The van der Waals surface area contributed by atoms with Crippen molar-refractivity contribution in [3.63, 3.8) is 0 Å². The van der Waals surface area contributed by atoms with E-state index in [1.807, 2.05) is 13.0 Å². The number of aromatic nitrogens is 2. The maximum absolute atomic E-state index is 12.8. The highest BCUT2D eigenvalue weighted by molar-refractivity contribution is 6.32. The highest BCUT2D eigenvalue weighted by Crippen LogP contribution is 2.36. The van der Waals surface area contributed by atoms with Gasteiger partial charge in [-0.05, 0) is 31.0 Å². The highest BCUT2D eigenvalue weighted by atomic mass is 35.5. The molecule has 8 heteroatoms. The second-order valence-electron chi connectivity index (χ2n) is 4.28. The number of alkyl halides is 2. The van der Waals surface area contributed by atoms with Crippen molar-refractivity contribution in [3.05, 3.63) is 50.3 Å². The largest absolute Gasteiger partial charge is 0.335 e. The van der Waals surface area contributed by atoms with Crippen LogP contribution in [0.4, 0.5) is 14.5 Å². The lowest BCUT2D eigenvalue weighted by Crippen LogP contribution is -2.00. The number of benzene rings is 1. The van der Waals surface area contributed by atoms with Gasteiger partial charge in [0.2, 0.25) is 10.8 Å². The number of nitro groups is 1. The number of hydrogen-bond donors (Lipinski definition) is 0. The molecule has 0 aliphatic rings. The molecule has 0 amide bonds. The Kier molecular flexibility index (Phi) is 3.71. The van der Waals surface area contributed by atoms with Crippen molar-refractivity contribution in [3.8, 4) is 5.69 Å². The molecule has 1 aromatic heterocycles. The fourth-order valence-corrected chi connectivity index (χ4v) is 2.12. The normalized spacial score (nSPS) is 11.1. The van der Waals surface area contributed by atoms with E-state index in [9.17, 15) is 18.9 Å². The fraction of sp³-hybridized carbons (Fsp3) is 0.250. The molecule has 0 spiro atoms. The van der Waals surface area contributed by atoms with Gasteiger partial charge in [-0.1, -0.05) is 23.7 Å². The Morgan fingerprint density at radius 2 is 2.05 bits per heavy atom. The number of aryl methyl sites for hydroxylation is 2. The predicted molar refractivity (Wildman–Crippen MR) is 69.7 cm³/mol. The first-order valence-electron chi connectivity index (χ1n) is 5.61. The molecule has 2 aromatic rings. The average molecular weight is 302 g/mol. The monoisotopic (exact) mass is 301 g/mol. The molecule has 0 saturated heterocycles. The smallest absolute Gasteiger partial charge is 0.258 e. The first-order chi connectivity index (χ1) is 9.32. The molecule has 0 N–H and O–H groups in total. The van der Waals surface area contributed by atoms with Crippen LogP contribution in [0.5, 0.6) is 0 Å². The molecule has 2 rings (SSSR count). The van der Waals surface area contributed by atoms with Crippen LogP contribution < -0.4 is 0 Å². The van der Waals surface area contributed by atoms with Crippen molar-refractivity contribution in [2.45, 2.75) is 20.3 Å². The molecule has 0 saturated carbocycles. The van der Waals surface area contributed by atoms with Gasteiger partial charge in [-0.2, -0.15) is 5.10 Å². The Bertz CT molecular complexity index is 686. The topological polar surface area (TPSA) is 61.0 Å². The second kappa shape index (κ2) is 5.16. The van der Waals surface area contributed by atoms with Crippen molar-refractivity contribution < 1.29 is 13.7 Å². The minimum Gasteiger partial charge on any atom is -0.258 e. The molecule has 0 unspecified atom stereocenters. The summed E-state index contributed by atoms with van der Waals surface area (Å²) in [5, 5.41) is 14.0. The van der Waals surface area contributed by atoms with Crippen molar-refractivity contribution >= 4 is 17.3 Å². The summed E-state index contributed by atoms with van der Waals surface area (Å²) in [5.74, 6) is 0. The summed E-state index contributed by atoms with van der Waals surface area (Å²) in [5.41, 5.74) is 0.225. The van der Waals surface area contributed by atoms with E-state index in [1.165, 1.54) is 0 Å². The van der Waals surface area contributed by atoms with E-state index in [0.717, 1.165) is 15.8 Å². The van der Waals surface area contributed by atoms with Gasteiger partial charge < -0.3 is 0 Å². The van der Waals surface area contributed by atoms with Gasteiger partial charge in [0.15, 0.2) is 0 Å². The van der Waals surface area contributed by atoms with Gasteiger partial charge in [-0.3, -0.25) is 10.1 Å². The summed E-state index contributed by atoms with van der Waals surface area (Å²) >= 11 is 5.85. The van der Waals surface area contributed by atoms with Gasteiger partial charge in [-0.15, -0.1) is 0 Å². The van der Waals surface area contributed by atoms with Crippen LogP contribution in [0.3, 0.4) is 0 Å². The lowest BCUT2D eigenvalue weighted by Gasteiger charge is -2.07. The molecule has 1 aromatic carbocycles. The molecule has 1 heterocycles. The van der Waals surface area contributed by atoms with Gasteiger partial charge in [0.1, 0.15) is 0 Å². The maximum atomic E-state index is 12.8. The van der Waals surface area contributed by atoms with E-state index in [1.54, 1.807) is 19.1 Å². The number of hydrogen-bond acceptors (Lipinski definition) is 3. The van der Waals surface area contributed by atoms with Crippen LogP contribution >= 0.6 is 11.6 Å². The van der Waals surface area contributed by atoms with Crippen molar-refractivity contribution in [1.82, 2.24) is 9.78 Å². The van der Waals surface area contributed by atoms with E-state index >= 15 is 0 Å². The average Bonchev–Trinajstić information content (AvgIpc) is 2.70. The quantitative estimate of drug-likeness (QED) is 0.636. The molecule has 0 fully saturated rings. The van der Waals surface area contributed by atoms with E-state index in [-0.39, 0.29) is 0 Å². The van der Waals surface area contributed by atoms with Crippen LogP contribution in [-0.4, -0.2) is 14.7 Å². The third-order valence-corrected chi connectivity index (χ3v) is 3.15. The predicted octanol–water partition coefficient (Wildman–Crippen LogP) is 3.99. The lowest BCUT2D eigenvalue weighted by molar-refractivity contribution is -0.386. The first-order valence-corrected chi connectivity index (χ1v) is 5.99. The standard InChI is InChI=1S/C12H10ClF2N3O2/c1-6-3-4-7(2)8(5-6)17-11(13)10(18(19)20)9(16-17)12(14)15/h3-5,12H,1-2H3. The molecule has 0 aliphatic carbocycles. The fourth-order valence-electron chi connectivity index (χ4n) is 1.83. The van der Waals surface area contributed by atoms with E-state index in [2.05, 4.69) is 5.10 Å². The Morgan fingerprint density at radius 1 is 1.40 bits per heavy atom. The Morgan fingerprint density at radius 3 is 2.55 bits per heavy atom. The lowest BCUT2D eigenvalue weighted by atomic mass is 10.1. The second-order valence-corrected chi connectivity index (χ2v) is 4.64. The molecule has 106 valence electrons. The van der Waals surface area contributed by atoms with Crippen molar-refractivity contribution in [2.75, 3.05) is 0 Å². The zero-order valence-electron chi connectivity index (χ0n) is 10.6. The van der Waals surface area contributed by atoms with E-state index in [0.29, 0.717) is 5.69 Å². The number of nitrogens with zero attached hydrogens (tertiary/aromatic N) is 3. The van der Waals surface area contributed by atoms with Crippen LogP contribution in [0.2, 0.25) is 5.15 Å². The Labute approximate surface area is 117 Å². The minimum atomic E-state index is -3.07. The van der Waals surface area contributed by atoms with Gasteiger partial charge in [0.05, 0.1) is 10.6 Å². The third-order valence-electron chi connectivity index (χ3n) is 2.81. The third kappa shape index (κ3) is 2.36. The summed E-state index contributed by atoms with van der Waals surface area (Å²) in [6.45, 7) is 3.55. The van der Waals surface area contributed by atoms with Gasteiger partial charge in [-0.25, -0.2) is 13.5 Å². The van der Waals surface area contributed by atoms with Crippen molar-refractivity contribution in [2.24, 2.45) is 0 Å². The zero-order chi connectivity index (χ0) is 15.0. The summed E-state index contributed by atoms with van der Waals surface area (Å²) in [6.07, 6.45) is -3.07. The molecule has 0 radical (unpaired) electrons. The van der Waals surface area contributed by atoms with Crippen LogP contribution in [0, 0.1) is 24.0 Å². The van der Waals surface area contributed by atoms with Crippen LogP contribution in [-0.2, 0) is 0 Å². The van der Waals surface area contributed by atoms with E-state index < -0.39 is 27.9 Å². The molecule has 0 atom stereocenters. The summed E-state index contributed by atoms with van der Waals surface area (Å²) in [7, 11) is 0. The van der Waals surface area contributed by atoms with Gasteiger partial charge in [0.25, 0.3) is 6.43 Å². The maximum Gasteiger partial charge on any atom is 0.335 e. The Balaban J connectivity index is 2.73. The van der Waals surface area contributed by atoms with E-state index in [4.69, 9.17) is 11.6 Å². The molecule has 5 nitrogen and oxygen atoms in total. The number of rotatable bonds is 3. The summed E-state index contributed by atoms with van der Waals surface area (Å²) in [4.78, 5) is 9.93. The summed E-state index contributed by atoms with van der Waals surface area (Å²) in [6, 6.07) is 5.27. The van der Waals surface area contributed by atoms with Gasteiger partial charge >= 0.3 is 5.69 Å². The number of halogens is 3. The van der Waals surface area contributed by atoms with Gasteiger partial charge in [0, 0.05) is 0 Å². The molecule has 0 aliphatic heterocycles. The molecule has 20 heavy (non-hydrogen) atoms. The highest BCUT2D eigenvalue weighted by Gasteiger charge is 2.33. The van der Waals surface area contributed by atoms with Crippen LogP contribution in [0.15, 0.2) is 18.2 Å². The first kappa shape index (κ1) is 14.4. The molecular formula is C12H10ClF2N3O2. The SMILES string of the molecule is Cc1ccc(C)c(-n2nc(C(F)F)c([N+](=O)[O-])c2Cl)c1. The van der Waals surface area contributed by atoms with Crippen LogP contribution in [0.1, 0.15) is 23.2 Å².